The van der Waals surface area contributed by atoms with E-state index < -0.39 is 0 Å². The second-order valence-corrected chi connectivity index (χ2v) is 8.06. The Morgan fingerprint density at radius 1 is 1.36 bits per heavy atom. The Balaban J connectivity index is 1.66. The van der Waals surface area contributed by atoms with Gasteiger partial charge in [-0.1, -0.05) is 0 Å². The lowest BCUT2D eigenvalue weighted by Crippen LogP contribution is -2.44. The van der Waals surface area contributed by atoms with Crippen LogP contribution < -0.4 is 15.5 Å². The Labute approximate surface area is 153 Å². The number of anilines is 1. The summed E-state index contributed by atoms with van der Waals surface area (Å²) in [6.07, 6.45) is 3.39. The second kappa shape index (κ2) is 7.66. The highest BCUT2D eigenvalue weighted by Gasteiger charge is 2.27. The summed E-state index contributed by atoms with van der Waals surface area (Å²) in [6.45, 7) is 8.74. The maximum atomic E-state index is 12.4. The predicted octanol–water partition coefficient (Wildman–Crippen LogP) is 2.25. The largest absolute Gasteiger partial charge is 0.356 e. The number of carbonyl (C=O) groups excluding carboxylic acids is 1. The van der Waals surface area contributed by atoms with E-state index in [9.17, 15) is 4.79 Å². The van der Waals surface area contributed by atoms with Crippen molar-refractivity contribution >= 4 is 33.3 Å². The molecular weight excluding hydrogens is 334 g/mol. The van der Waals surface area contributed by atoms with Crippen LogP contribution in [-0.2, 0) is 4.79 Å². The maximum absolute atomic E-state index is 12.4. The van der Waals surface area contributed by atoms with E-state index in [0.717, 1.165) is 36.6 Å². The summed E-state index contributed by atoms with van der Waals surface area (Å²) in [5.41, 5.74) is 1.27. The molecule has 2 aromatic heterocycles. The number of amides is 1. The second-order valence-electron chi connectivity index (χ2n) is 6.86. The van der Waals surface area contributed by atoms with Crippen LogP contribution in [-0.4, -0.2) is 48.6 Å². The molecule has 0 aromatic carbocycles. The lowest BCUT2D eigenvalue weighted by molar-refractivity contribution is -0.125. The lowest BCUT2D eigenvalue weighted by atomic mass is 9.95. The zero-order valence-electron chi connectivity index (χ0n) is 15.4. The third-order valence-electron chi connectivity index (χ3n) is 5.19. The average Bonchev–Trinajstić information content (AvgIpc) is 2.93. The van der Waals surface area contributed by atoms with Gasteiger partial charge in [-0.3, -0.25) is 4.79 Å². The molecule has 7 heteroatoms. The van der Waals surface area contributed by atoms with Crippen LogP contribution in [0.4, 0.5) is 5.82 Å². The standard InChI is InChI=1S/C18H27N5OS/c1-11(19-4)9-20-17(24)14-5-7-23(8-6-14)16-15-12(2)13(3)25-18(15)22-10-21-16/h10-11,14,19H,5-9H2,1-4H3,(H,20,24). The van der Waals surface area contributed by atoms with Crippen LogP contribution in [0.15, 0.2) is 6.33 Å². The number of fused-ring (bicyclic) bond motifs is 1. The highest BCUT2D eigenvalue weighted by atomic mass is 32.1. The number of nitrogens with one attached hydrogen (secondary N) is 2. The Morgan fingerprint density at radius 3 is 2.76 bits per heavy atom. The topological polar surface area (TPSA) is 70.2 Å². The van der Waals surface area contributed by atoms with E-state index in [0.29, 0.717) is 12.6 Å². The number of hydrogen-bond acceptors (Lipinski definition) is 6. The molecule has 1 aliphatic heterocycles. The number of hydrogen-bond donors (Lipinski definition) is 2. The fourth-order valence-corrected chi connectivity index (χ4v) is 4.25. The molecule has 1 atom stereocenters. The highest BCUT2D eigenvalue weighted by molar-refractivity contribution is 7.18. The summed E-state index contributed by atoms with van der Waals surface area (Å²) in [6, 6.07) is 0.295. The van der Waals surface area contributed by atoms with Crippen LogP contribution in [0.2, 0.25) is 0 Å². The van der Waals surface area contributed by atoms with Gasteiger partial charge in [-0.05, 0) is 46.2 Å². The average molecular weight is 362 g/mol. The summed E-state index contributed by atoms with van der Waals surface area (Å²) in [5, 5.41) is 7.37. The molecule has 1 aliphatic rings. The normalized spacial score (nSPS) is 17.0. The molecule has 3 heterocycles. The van der Waals surface area contributed by atoms with E-state index >= 15 is 0 Å². The first-order chi connectivity index (χ1) is 12.0. The van der Waals surface area contributed by atoms with Gasteiger partial charge in [0.1, 0.15) is 17.0 Å². The molecule has 1 unspecified atom stereocenters. The SMILES string of the molecule is CNC(C)CNC(=O)C1CCN(c2ncnc3sc(C)c(C)c23)CC1. The highest BCUT2D eigenvalue weighted by Crippen LogP contribution is 2.35. The van der Waals surface area contributed by atoms with Crippen LogP contribution in [0.25, 0.3) is 10.2 Å². The van der Waals surface area contributed by atoms with E-state index in [1.54, 1.807) is 17.7 Å². The summed E-state index contributed by atoms with van der Waals surface area (Å²) in [7, 11) is 1.91. The van der Waals surface area contributed by atoms with Gasteiger partial charge >= 0.3 is 0 Å². The maximum Gasteiger partial charge on any atom is 0.223 e. The Morgan fingerprint density at radius 2 is 2.08 bits per heavy atom. The van der Waals surface area contributed by atoms with E-state index in [2.05, 4.69) is 46.3 Å². The number of aryl methyl sites for hydroxylation is 2. The quantitative estimate of drug-likeness (QED) is 0.855. The Hall–Kier alpha value is -1.73. The van der Waals surface area contributed by atoms with Gasteiger partial charge in [0.05, 0.1) is 5.39 Å². The Kier molecular flexibility index (Phi) is 5.54. The van der Waals surface area contributed by atoms with Crippen molar-refractivity contribution < 1.29 is 4.79 Å². The van der Waals surface area contributed by atoms with Gasteiger partial charge < -0.3 is 15.5 Å². The molecule has 2 N–H and O–H groups in total. The third-order valence-corrected chi connectivity index (χ3v) is 6.30. The number of likely N-dealkylation sites (N-methyl/N-ethyl adjacent to an activating group) is 1. The molecule has 0 radical (unpaired) electrons. The molecule has 0 aliphatic carbocycles. The fraction of sp³-hybridized carbons (Fsp3) is 0.611. The number of nitrogens with zero attached hydrogens (tertiary/aromatic N) is 3. The van der Waals surface area contributed by atoms with E-state index in [1.165, 1.54) is 15.8 Å². The van der Waals surface area contributed by atoms with Gasteiger partial charge in [0.2, 0.25) is 5.91 Å². The van der Waals surface area contributed by atoms with Gasteiger partial charge in [-0.25, -0.2) is 9.97 Å². The molecule has 1 saturated heterocycles. The number of aromatic nitrogens is 2. The molecular formula is C18H27N5OS. The van der Waals surface area contributed by atoms with E-state index in [4.69, 9.17) is 0 Å². The lowest BCUT2D eigenvalue weighted by Gasteiger charge is -2.32. The van der Waals surface area contributed by atoms with Gasteiger partial charge in [0, 0.05) is 36.5 Å². The van der Waals surface area contributed by atoms with Crippen molar-refractivity contribution in [1.82, 2.24) is 20.6 Å². The first-order valence-corrected chi connectivity index (χ1v) is 9.73. The Bertz CT molecular complexity index is 751. The summed E-state index contributed by atoms with van der Waals surface area (Å²) < 4.78 is 0. The van der Waals surface area contributed by atoms with E-state index in [1.807, 2.05) is 7.05 Å². The van der Waals surface area contributed by atoms with Gasteiger partial charge in [-0.2, -0.15) is 0 Å². The summed E-state index contributed by atoms with van der Waals surface area (Å²) in [5.74, 6) is 1.30. The van der Waals surface area contributed by atoms with Gasteiger partial charge in [-0.15, -0.1) is 11.3 Å². The van der Waals surface area contributed by atoms with Crippen LogP contribution >= 0.6 is 11.3 Å². The minimum absolute atomic E-state index is 0.0999. The minimum atomic E-state index is 0.0999. The molecule has 6 nitrogen and oxygen atoms in total. The summed E-state index contributed by atoms with van der Waals surface area (Å²) >= 11 is 1.73. The number of thiophene rings is 1. The van der Waals surface area contributed by atoms with Gasteiger partial charge in [0.25, 0.3) is 0 Å². The molecule has 0 spiro atoms. The smallest absolute Gasteiger partial charge is 0.223 e. The monoisotopic (exact) mass is 361 g/mol. The zero-order chi connectivity index (χ0) is 18.0. The molecule has 3 rings (SSSR count). The van der Waals surface area contributed by atoms with Crippen molar-refractivity contribution in [2.45, 2.75) is 39.7 Å². The molecule has 2 aromatic rings. The van der Waals surface area contributed by atoms with Crippen LogP contribution in [0.1, 0.15) is 30.2 Å². The summed E-state index contributed by atoms with van der Waals surface area (Å²) in [4.78, 5) is 26.0. The molecule has 0 bridgehead atoms. The molecule has 136 valence electrons. The van der Waals surface area contributed by atoms with Crippen molar-refractivity contribution in [1.29, 1.82) is 0 Å². The minimum Gasteiger partial charge on any atom is -0.356 e. The first-order valence-electron chi connectivity index (χ1n) is 8.92. The number of rotatable bonds is 5. The number of piperidine rings is 1. The van der Waals surface area contributed by atoms with Crippen molar-refractivity contribution in [3.05, 3.63) is 16.8 Å². The van der Waals surface area contributed by atoms with Crippen molar-refractivity contribution in [2.75, 3.05) is 31.6 Å². The first kappa shape index (κ1) is 18.1. The van der Waals surface area contributed by atoms with Crippen molar-refractivity contribution in [3.63, 3.8) is 0 Å². The predicted molar refractivity (Wildman–Crippen MR) is 103 cm³/mol. The van der Waals surface area contributed by atoms with E-state index in [-0.39, 0.29) is 11.8 Å². The van der Waals surface area contributed by atoms with Crippen molar-refractivity contribution in [3.8, 4) is 0 Å². The van der Waals surface area contributed by atoms with Gasteiger partial charge in [0.15, 0.2) is 0 Å². The van der Waals surface area contributed by atoms with Crippen LogP contribution in [0, 0.1) is 19.8 Å². The molecule has 0 saturated carbocycles. The van der Waals surface area contributed by atoms with Crippen LogP contribution in [0.3, 0.4) is 0 Å². The zero-order valence-corrected chi connectivity index (χ0v) is 16.2. The number of carbonyl (C=O) groups is 1. The van der Waals surface area contributed by atoms with Crippen LogP contribution in [0.5, 0.6) is 0 Å². The van der Waals surface area contributed by atoms with Crippen molar-refractivity contribution in [2.24, 2.45) is 5.92 Å². The third kappa shape index (κ3) is 3.77. The molecule has 25 heavy (non-hydrogen) atoms. The molecule has 1 amide bonds. The fourth-order valence-electron chi connectivity index (χ4n) is 3.26. The molecule has 1 fully saturated rings.